The van der Waals surface area contributed by atoms with E-state index in [0.717, 1.165) is 47.2 Å². The van der Waals surface area contributed by atoms with E-state index in [9.17, 15) is 4.79 Å². The highest BCUT2D eigenvalue weighted by molar-refractivity contribution is 9.10. The normalized spacial score (nSPS) is 14.6. The molecule has 1 saturated heterocycles. The fourth-order valence-electron chi connectivity index (χ4n) is 3.44. The molecule has 1 fully saturated rings. The van der Waals surface area contributed by atoms with Crippen molar-refractivity contribution in [3.8, 4) is 0 Å². The lowest BCUT2D eigenvalue weighted by Crippen LogP contribution is -2.47. The van der Waals surface area contributed by atoms with E-state index in [1.807, 2.05) is 18.2 Å². The molecule has 8 heteroatoms. The maximum Gasteiger partial charge on any atom is 0.252 e. The number of anilines is 2. The molecule has 2 N–H and O–H groups in total. The first-order valence-corrected chi connectivity index (χ1v) is 9.70. The van der Waals surface area contributed by atoms with Crippen LogP contribution in [0.25, 0.3) is 10.9 Å². The summed E-state index contributed by atoms with van der Waals surface area (Å²) in [4.78, 5) is 24.9. The molecule has 6 nitrogen and oxygen atoms in total. The van der Waals surface area contributed by atoms with Crippen LogP contribution in [-0.4, -0.2) is 42.1 Å². The summed E-state index contributed by atoms with van der Waals surface area (Å²) in [5.41, 5.74) is 7.83. The van der Waals surface area contributed by atoms with Gasteiger partial charge in [-0.05, 0) is 30.3 Å². The number of piperazine rings is 1. The third-order valence-corrected chi connectivity index (χ3v) is 5.46. The molecule has 0 unspecified atom stereocenters. The Bertz CT molecular complexity index is 1020. The number of fused-ring (bicyclic) bond motifs is 1. The van der Waals surface area contributed by atoms with Gasteiger partial charge in [-0.15, -0.1) is 0 Å². The Hall–Kier alpha value is -2.38. The van der Waals surface area contributed by atoms with Gasteiger partial charge in [-0.3, -0.25) is 9.78 Å². The van der Waals surface area contributed by atoms with Crippen LogP contribution in [0.1, 0.15) is 10.4 Å². The number of pyridine rings is 2. The van der Waals surface area contributed by atoms with E-state index in [-0.39, 0.29) is 0 Å². The lowest BCUT2D eigenvalue weighted by molar-refractivity contribution is 0.100. The lowest BCUT2D eigenvalue weighted by atomic mass is 10.1. The second-order valence-electron chi connectivity index (χ2n) is 6.33. The second kappa shape index (κ2) is 7.32. The SMILES string of the molecule is NC(=O)c1cccnc1N1CCN(c2ccnc3c(Cl)cc(Br)cc23)CC1. The number of rotatable bonds is 3. The quantitative estimate of drug-likeness (QED) is 0.667. The smallest absolute Gasteiger partial charge is 0.252 e. The number of carbonyl (C=O) groups is 1. The molecule has 2 aromatic heterocycles. The minimum absolute atomic E-state index is 0.455. The Morgan fingerprint density at radius 3 is 2.56 bits per heavy atom. The number of aromatic nitrogens is 2. The molecule has 0 spiro atoms. The summed E-state index contributed by atoms with van der Waals surface area (Å²) in [5.74, 6) is 0.190. The van der Waals surface area contributed by atoms with Crippen LogP contribution < -0.4 is 15.5 Å². The summed E-state index contributed by atoms with van der Waals surface area (Å²) in [6.45, 7) is 3.06. The Morgan fingerprint density at radius 2 is 1.81 bits per heavy atom. The minimum Gasteiger partial charge on any atom is -0.367 e. The predicted octanol–water partition coefficient (Wildman–Crippen LogP) is 3.47. The van der Waals surface area contributed by atoms with Crippen molar-refractivity contribution in [1.82, 2.24) is 9.97 Å². The predicted molar refractivity (Wildman–Crippen MR) is 112 cm³/mol. The van der Waals surface area contributed by atoms with E-state index in [0.29, 0.717) is 16.4 Å². The number of benzene rings is 1. The highest BCUT2D eigenvalue weighted by Gasteiger charge is 2.23. The van der Waals surface area contributed by atoms with Gasteiger partial charge >= 0.3 is 0 Å². The molecule has 1 aliphatic rings. The van der Waals surface area contributed by atoms with Crippen LogP contribution in [0, 0.1) is 0 Å². The van der Waals surface area contributed by atoms with Gasteiger partial charge < -0.3 is 15.5 Å². The zero-order valence-electron chi connectivity index (χ0n) is 14.4. The number of nitrogens with two attached hydrogens (primary N) is 1. The molecule has 1 amide bonds. The number of hydrogen-bond acceptors (Lipinski definition) is 5. The summed E-state index contributed by atoms with van der Waals surface area (Å²) in [6, 6.07) is 9.35. The summed E-state index contributed by atoms with van der Waals surface area (Å²) in [6.07, 6.45) is 3.47. The van der Waals surface area contributed by atoms with Crippen LogP contribution in [-0.2, 0) is 0 Å². The average Bonchev–Trinajstić information content (AvgIpc) is 2.67. The molecule has 138 valence electrons. The monoisotopic (exact) mass is 445 g/mol. The van der Waals surface area contributed by atoms with E-state index < -0.39 is 5.91 Å². The van der Waals surface area contributed by atoms with Crippen molar-refractivity contribution < 1.29 is 4.79 Å². The first kappa shape index (κ1) is 18.0. The lowest BCUT2D eigenvalue weighted by Gasteiger charge is -2.37. The van der Waals surface area contributed by atoms with Crippen molar-refractivity contribution in [3.63, 3.8) is 0 Å². The number of hydrogen-bond donors (Lipinski definition) is 1. The van der Waals surface area contributed by atoms with Crippen molar-refractivity contribution >= 4 is 55.8 Å². The minimum atomic E-state index is -0.458. The fraction of sp³-hybridized carbons (Fsp3) is 0.211. The highest BCUT2D eigenvalue weighted by Crippen LogP contribution is 2.33. The third kappa shape index (κ3) is 3.44. The fourth-order valence-corrected chi connectivity index (χ4v) is 4.30. The molecular formula is C19H17BrClN5O. The van der Waals surface area contributed by atoms with E-state index in [2.05, 4.69) is 35.7 Å². The highest BCUT2D eigenvalue weighted by atomic mass is 79.9. The molecule has 3 aromatic rings. The maximum atomic E-state index is 11.7. The Balaban J connectivity index is 1.61. The van der Waals surface area contributed by atoms with E-state index in [1.54, 1.807) is 24.5 Å². The number of amides is 1. The maximum absolute atomic E-state index is 11.7. The number of primary amides is 1. The van der Waals surface area contributed by atoms with E-state index in [1.165, 1.54) is 0 Å². The Morgan fingerprint density at radius 1 is 1.07 bits per heavy atom. The van der Waals surface area contributed by atoms with Crippen molar-refractivity contribution in [2.45, 2.75) is 0 Å². The van der Waals surface area contributed by atoms with E-state index in [4.69, 9.17) is 17.3 Å². The van der Waals surface area contributed by atoms with Gasteiger partial charge in [0.05, 0.1) is 16.1 Å². The molecule has 0 saturated carbocycles. The Labute approximate surface area is 170 Å². The molecule has 1 aromatic carbocycles. The number of nitrogens with zero attached hydrogens (tertiary/aromatic N) is 4. The second-order valence-corrected chi connectivity index (χ2v) is 7.65. The molecule has 27 heavy (non-hydrogen) atoms. The van der Waals surface area contributed by atoms with Gasteiger partial charge in [0.1, 0.15) is 5.82 Å². The zero-order valence-corrected chi connectivity index (χ0v) is 16.7. The van der Waals surface area contributed by atoms with Gasteiger partial charge in [-0.1, -0.05) is 27.5 Å². The first-order chi connectivity index (χ1) is 13.0. The molecule has 3 heterocycles. The number of carbonyl (C=O) groups excluding carboxylic acids is 1. The molecule has 1 aliphatic heterocycles. The van der Waals surface area contributed by atoms with Crippen LogP contribution in [0.3, 0.4) is 0 Å². The molecule has 0 atom stereocenters. The van der Waals surface area contributed by atoms with E-state index >= 15 is 0 Å². The van der Waals surface area contributed by atoms with Gasteiger partial charge in [0.25, 0.3) is 5.91 Å². The van der Waals surface area contributed by atoms with Gasteiger partial charge in [-0.2, -0.15) is 0 Å². The Kier molecular flexibility index (Phi) is 4.88. The summed E-state index contributed by atoms with van der Waals surface area (Å²) >= 11 is 9.86. The van der Waals surface area contributed by atoms with Crippen molar-refractivity contribution in [2.75, 3.05) is 36.0 Å². The summed E-state index contributed by atoms with van der Waals surface area (Å²) in [7, 11) is 0. The molecular weight excluding hydrogens is 430 g/mol. The van der Waals surface area contributed by atoms with Gasteiger partial charge in [0.15, 0.2) is 0 Å². The summed E-state index contributed by atoms with van der Waals surface area (Å²) < 4.78 is 0.924. The van der Waals surface area contributed by atoms with Crippen molar-refractivity contribution in [1.29, 1.82) is 0 Å². The van der Waals surface area contributed by atoms with Crippen LogP contribution >= 0.6 is 27.5 Å². The van der Waals surface area contributed by atoms with Gasteiger partial charge in [0.2, 0.25) is 0 Å². The molecule has 0 radical (unpaired) electrons. The largest absolute Gasteiger partial charge is 0.367 e. The van der Waals surface area contributed by atoms with Gasteiger partial charge in [-0.25, -0.2) is 4.98 Å². The zero-order chi connectivity index (χ0) is 19.0. The van der Waals surface area contributed by atoms with Gasteiger partial charge in [0, 0.05) is 54.1 Å². The van der Waals surface area contributed by atoms with Crippen LogP contribution in [0.5, 0.6) is 0 Å². The topological polar surface area (TPSA) is 75.4 Å². The number of halogens is 2. The van der Waals surface area contributed by atoms with Crippen LogP contribution in [0.2, 0.25) is 5.02 Å². The van der Waals surface area contributed by atoms with Crippen LogP contribution in [0.15, 0.2) is 47.2 Å². The molecule has 4 rings (SSSR count). The standard InChI is InChI=1S/C19H17BrClN5O/c20-12-10-14-16(3-5-23-17(14)15(21)11-12)25-6-8-26(9-7-25)19-13(18(22)27)2-1-4-24-19/h1-5,10-11H,6-9H2,(H2,22,27). The summed E-state index contributed by atoms with van der Waals surface area (Å²) in [5, 5.41) is 1.64. The van der Waals surface area contributed by atoms with Crippen LogP contribution in [0.4, 0.5) is 11.5 Å². The first-order valence-electron chi connectivity index (χ1n) is 8.53. The van der Waals surface area contributed by atoms with Crippen molar-refractivity contribution in [2.24, 2.45) is 5.73 Å². The molecule has 0 aliphatic carbocycles. The average molecular weight is 447 g/mol. The third-order valence-electron chi connectivity index (χ3n) is 4.71. The molecule has 0 bridgehead atoms. The van der Waals surface area contributed by atoms with Crippen molar-refractivity contribution in [3.05, 3.63) is 57.8 Å².